The van der Waals surface area contributed by atoms with Crippen LogP contribution in [0.15, 0.2) is 48.5 Å². The molecule has 2 aromatic rings. The van der Waals surface area contributed by atoms with Gasteiger partial charge in [-0.3, -0.25) is 4.79 Å². The molecule has 174 valence electrons. The van der Waals surface area contributed by atoms with E-state index in [-0.39, 0.29) is 19.1 Å². The fourth-order valence-corrected chi connectivity index (χ4v) is 4.59. The van der Waals surface area contributed by atoms with Crippen molar-refractivity contribution in [3.8, 4) is 11.1 Å². The molecular weight excluding hydrogens is 424 g/mol. The van der Waals surface area contributed by atoms with Gasteiger partial charge in [0.1, 0.15) is 12.6 Å². The van der Waals surface area contributed by atoms with Gasteiger partial charge in [-0.1, -0.05) is 61.9 Å². The summed E-state index contributed by atoms with van der Waals surface area (Å²) in [5.41, 5.74) is 4.51. The lowest BCUT2D eigenvalue weighted by Crippen LogP contribution is -2.52. The fourth-order valence-electron chi connectivity index (χ4n) is 4.59. The van der Waals surface area contributed by atoms with Crippen molar-refractivity contribution in [1.82, 2.24) is 10.6 Å². The smallest absolute Gasteiger partial charge is 0.407 e. The Balaban J connectivity index is 1.36. The average Bonchev–Trinajstić information content (AvgIpc) is 3.40. The zero-order valence-corrected chi connectivity index (χ0v) is 18.5. The monoisotopic (exact) mass is 452 g/mol. The van der Waals surface area contributed by atoms with Crippen molar-refractivity contribution in [1.29, 1.82) is 0 Å². The van der Waals surface area contributed by atoms with E-state index in [1.54, 1.807) is 0 Å². The lowest BCUT2D eigenvalue weighted by atomic mass is 9.98. The SMILES string of the molecule is CCC[C@@H](NC(=O)[C@H]1OCC[C@H]1NC(=O)OCC1c2ccccc2-c2ccccc21)C(=O)O. The summed E-state index contributed by atoms with van der Waals surface area (Å²) in [7, 11) is 0. The molecule has 1 fully saturated rings. The molecule has 2 aromatic carbocycles. The van der Waals surface area contributed by atoms with Gasteiger partial charge in [-0.2, -0.15) is 0 Å². The van der Waals surface area contributed by atoms with Crippen LogP contribution in [0.5, 0.6) is 0 Å². The number of hydrogen-bond acceptors (Lipinski definition) is 5. The topological polar surface area (TPSA) is 114 Å². The highest BCUT2D eigenvalue weighted by Gasteiger charge is 2.37. The van der Waals surface area contributed by atoms with Crippen molar-refractivity contribution in [2.24, 2.45) is 0 Å². The van der Waals surface area contributed by atoms with Crippen molar-refractivity contribution in [2.45, 2.75) is 50.3 Å². The number of fused-ring (bicyclic) bond motifs is 3. The molecule has 2 amide bonds. The van der Waals surface area contributed by atoms with E-state index in [2.05, 4.69) is 22.8 Å². The van der Waals surface area contributed by atoms with E-state index < -0.39 is 36.2 Å². The molecule has 2 aliphatic rings. The minimum atomic E-state index is -1.09. The van der Waals surface area contributed by atoms with Gasteiger partial charge in [-0.25, -0.2) is 9.59 Å². The molecule has 0 aromatic heterocycles. The van der Waals surface area contributed by atoms with Gasteiger partial charge in [0.2, 0.25) is 0 Å². The van der Waals surface area contributed by atoms with E-state index in [4.69, 9.17) is 9.47 Å². The van der Waals surface area contributed by atoms with Gasteiger partial charge >= 0.3 is 12.1 Å². The molecule has 8 heteroatoms. The first-order valence-corrected chi connectivity index (χ1v) is 11.3. The number of carboxylic acids is 1. The lowest BCUT2D eigenvalue weighted by molar-refractivity contribution is -0.144. The number of amides is 2. The minimum Gasteiger partial charge on any atom is -0.480 e. The number of carbonyl (C=O) groups is 3. The maximum Gasteiger partial charge on any atom is 0.407 e. The molecule has 1 aliphatic carbocycles. The third-order valence-corrected chi connectivity index (χ3v) is 6.19. The quantitative estimate of drug-likeness (QED) is 0.567. The second-order valence-corrected chi connectivity index (χ2v) is 8.34. The molecule has 3 atom stereocenters. The number of aliphatic carboxylic acids is 1. The van der Waals surface area contributed by atoms with Gasteiger partial charge in [0.15, 0.2) is 6.10 Å². The Morgan fingerprint density at radius 1 is 1.09 bits per heavy atom. The van der Waals surface area contributed by atoms with Crippen molar-refractivity contribution in [2.75, 3.05) is 13.2 Å². The maximum atomic E-state index is 12.6. The Labute approximate surface area is 192 Å². The van der Waals surface area contributed by atoms with Crippen LogP contribution in [0.25, 0.3) is 11.1 Å². The number of nitrogens with one attached hydrogen (secondary N) is 2. The highest BCUT2D eigenvalue weighted by molar-refractivity contribution is 5.87. The van der Waals surface area contributed by atoms with Gasteiger partial charge in [0, 0.05) is 12.5 Å². The Morgan fingerprint density at radius 2 is 1.73 bits per heavy atom. The van der Waals surface area contributed by atoms with Crippen LogP contribution >= 0.6 is 0 Å². The predicted molar refractivity (Wildman–Crippen MR) is 121 cm³/mol. The summed E-state index contributed by atoms with van der Waals surface area (Å²) in [5, 5.41) is 14.5. The number of benzene rings is 2. The summed E-state index contributed by atoms with van der Waals surface area (Å²) in [6.45, 7) is 2.30. The van der Waals surface area contributed by atoms with Gasteiger partial charge < -0.3 is 25.2 Å². The highest BCUT2D eigenvalue weighted by atomic mass is 16.6. The summed E-state index contributed by atoms with van der Waals surface area (Å²) >= 11 is 0. The van der Waals surface area contributed by atoms with Crippen LogP contribution in [-0.4, -0.2) is 54.5 Å². The van der Waals surface area contributed by atoms with Crippen molar-refractivity contribution >= 4 is 18.0 Å². The third kappa shape index (κ3) is 4.85. The molecule has 0 unspecified atom stereocenters. The molecular formula is C25H28N2O6. The first-order valence-electron chi connectivity index (χ1n) is 11.3. The Hall–Kier alpha value is -3.39. The second-order valence-electron chi connectivity index (χ2n) is 8.34. The summed E-state index contributed by atoms with van der Waals surface area (Å²) in [6.07, 6.45) is -0.214. The zero-order chi connectivity index (χ0) is 23.4. The summed E-state index contributed by atoms with van der Waals surface area (Å²) < 4.78 is 11.0. The van der Waals surface area contributed by atoms with E-state index in [1.165, 1.54) is 0 Å². The van der Waals surface area contributed by atoms with Gasteiger partial charge in [-0.05, 0) is 35.1 Å². The molecule has 1 heterocycles. The normalized spacial score (nSPS) is 19.9. The molecule has 0 bridgehead atoms. The number of rotatable bonds is 8. The fraction of sp³-hybridized carbons (Fsp3) is 0.400. The van der Waals surface area contributed by atoms with Crippen molar-refractivity contribution < 1.29 is 29.0 Å². The second kappa shape index (κ2) is 10.0. The molecule has 0 radical (unpaired) electrons. The minimum absolute atomic E-state index is 0.0626. The molecule has 33 heavy (non-hydrogen) atoms. The summed E-state index contributed by atoms with van der Waals surface area (Å²) in [6, 6.07) is 14.6. The Kier molecular flexibility index (Phi) is 6.93. The number of carboxylic acid groups (broad SMARTS) is 1. The summed E-state index contributed by atoms with van der Waals surface area (Å²) in [4.78, 5) is 36.5. The van der Waals surface area contributed by atoms with Gasteiger partial charge in [0.25, 0.3) is 5.91 Å². The molecule has 1 saturated heterocycles. The van der Waals surface area contributed by atoms with E-state index in [1.807, 2.05) is 43.3 Å². The number of alkyl carbamates (subject to hydrolysis) is 1. The molecule has 4 rings (SSSR count). The van der Waals surface area contributed by atoms with Crippen LogP contribution in [0.4, 0.5) is 4.79 Å². The average molecular weight is 453 g/mol. The first kappa shape index (κ1) is 22.8. The van der Waals surface area contributed by atoms with Gasteiger partial charge in [-0.15, -0.1) is 0 Å². The van der Waals surface area contributed by atoms with E-state index in [0.29, 0.717) is 19.3 Å². The summed E-state index contributed by atoms with van der Waals surface area (Å²) in [5.74, 6) is -1.70. The molecule has 1 aliphatic heterocycles. The molecule has 0 spiro atoms. The molecule has 8 nitrogen and oxygen atoms in total. The van der Waals surface area contributed by atoms with Crippen molar-refractivity contribution in [3.05, 3.63) is 59.7 Å². The third-order valence-electron chi connectivity index (χ3n) is 6.19. The standard InChI is InChI=1S/C25H28N2O6/c1-2-7-21(24(29)30)26-23(28)22-20(12-13-32-22)27-25(31)33-14-19-17-10-5-3-8-15(17)16-9-4-6-11-18(16)19/h3-6,8-11,19-22H,2,7,12-14H2,1H3,(H,26,28)(H,27,31)(H,29,30)/t20-,21-,22+/m1/s1. The Morgan fingerprint density at radius 3 is 2.33 bits per heavy atom. The van der Waals surface area contributed by atoms with Crippen LogP contribution in [0.3, 0.4) is 0 Å². The van der Waals surface area contributed by atoms with Crippen LogP contribution in [0, 0.1) is 0 Å². The molecule has 0 saturated carbocycles. The Bertz CT molecular complexity index is 994. The molecule has 3 N–H and O–H groups in total. The van der Waals surface area contributed by atoms with E-state index >= 15 is 0 Å². The predicted octanol–water partition coefficient (Wildman–Crippen LogP) is 3.05. The van der Waals surface area contributed by atoms with Crippen LogP contribution in [-0.2, 0) is 19.1 Å². The van der Waals surface area contributed by atoms with E-state index in [9.17, 15) is 19.5 Å². The number of hydrogen-bond donors (Lipinski definition) is 3. The highest BCUT2D eigenvalue weighted by Crippen LogP contribution is 2.44. The van der Waals surface area contributed by atoms with Crippen LogP contribution in [0.2, 0.25) is 0 Å². The van der Waals surface area contributed by atoms with Gasteiger partial charge in [0.05, 0.1) is 6.04 Å². The van der Waals surface area contributed by atoms with Crippen LogP contribution < -0.4 is 10.6 Å². The van der Waals surface area contributed by atoms with Crippen LogP contribution in [0.1, 0.15) is 43.2 Å². The lowest BCUT2D eigenvalue weighted by Gasteiger charge is -2.22. The zero-order valence-electron chi connectivity index (χ0n) is 18.5. The number of carbonyl (C=O) groups excluding carboxylic acids is 2. The van der Waals surface area contributed by atoms with Crippen molar-refractivity contribution in [3.63, 3.8) is 0 Å². The largest absolute Gasteiger partial charge is 0.480 e. The number of ether oxygens (including phenoxy) is 2. The maximum absolute atomic E-state index is 12.6. The first-order chi connectivity index (χ1) is 16.0. The van der Waals surface area contributed by atoms with E-state index in [0.717, 1.165) is 22.3 Å².